The van der Waals surface area contributed by atoms with Gasteiger partial charge in [0.25, 0.3) is 0 Å². The minimum absolute atomic E-state index is 0.104. The molecule has 1 unspecified atom stereocenters. The number of aromatic nitrogens is 2. The van der Waals surface area contributed by atoms with Gasteiger partial charge in [-0.25, -0.2) is 0 Å². The van der Waals surface area contributed by atoms with E-state index < -0.39 is 11.9 Å². The minimum atomic E-state index is -0.815. The fraction of sp³-hybridized carbons (Fsp3) is 0.583. The van der Waals surface area contributed by atoms with Gasteiger partial charge in [0.15, 0.2) is 0 Å². The molecule has 0 saturated heterocycles. The van der Waals surface area contributed by atoms with E-state index in [9.17, 15) is 9.59 Å². The summed E-state index contributed by atoms with van der Waals surface area (Å²) in [6.45, 7) is 2.38. The average molecular weight is 267 g/mol. The molecule has 0 spiro atoms. The molecule has 0 aliphatic carbocycles. The first-order chi connectivity index (χ1) is 8.95. The maximum absolute atomic E-state index is 12.3. The molecule has 0 fully saturated rings. The zero-order chi connectivity index (χ0) is 14.4. The molecule has 1 rings (SSSR count). The normalized spacial score (nSPS) is 12.2. The summed E-state index contributed by atoms with van der Waals surface area (Å²) in [5.41, 5.74) is 11.7. The second kappa shape index (κ2) is 6.89. The fourth-order valence-electron chi connectivity index (χ4n) is 1.74. The van der Waals surface area contributed by atoms with Crippen molar-refractivity contribution in [2.24, 2.45) is 18.5 Å². The molecule has 7 nitrogen and oxygen atoms in total. The van der Waals surface area contributed by atoms with Crippen LogP contribution < -0.4 is 11.5 Å². The molecule has 0 aromatic carbocycles. The number of hydrogen-bond acceptors (Lipinski definition) is 4. The van der Waals surface area contributed by atoms with Crippen molar-refractivity contribution >= 4 is 11.8 Å². The van der Waals surface area contributed by atoms with E-state index in [2.05, 4.69) is 5.10 Å². The molecule has 1 heterocycles. The lowest BCUT2D eigenvalue weighted by Crippen LogP contribution is -2.43. The summed E-state index contributed by atoms with van der Waals surface area (Å²) >= 11 is 0. The molecular formula is C12H21N5O2. The first kappa shape index (κ1) is 15.2. The number of amides is 2. The Morgan fingerprint density at radius 2 is 2.21 bits per heavy atom. The molecule has 0 radical (unpaired) electrons. The van der Waals surface area contributed by atoms with Crippen molar-refractivity contribution in [2.45, 2.75) is 25.8 Å². The number of nitrogens with two attached hydrogens (primary N) is 2. The molecule has 0 saturated carbocycles. The van der Waals surface area contributed by atoms with E-state index in [1.807, 2.05) is 6.92 Å². The van der Waals surface area contributed by atoms with Crippen molar-refractivity contribution in [1.29, 1.82) is 0 Å². The Hall–Kier alpha value is -1.89. The summed E-state index contributed by atoms with van der Waals surface area (Å²) in [5, 5.41) is 3.98. The molecule has 0 aliphatic heterocycles. The standard InChI is InChI=1S/C12H21N5O2/c1-3-4-5-17(8-10(13)18)12(19)11(14)9-6-15-16(2)7-9/h6-7,11H,3-5,8,14H2,1-2H3,(H2,13,18). The van der Waals surface area contributed by atoms with Gasteiger partial charge < -0.3 is 16.4 Å². The number of aryl methyl sites for hydroxylation is 1. The Balaban J connectivity index is 2.76. The molecule has 1 aromatic rings. The van der Waals surface area contributed by atoms with E-state index in [0.717, 1.165) is 12.8 Å². The fourth-order valence-corrected chi connectivity index (χ4v) is 1.74. The Kier molecular flexibility index (Phi) is 5.50. The average Bonchev–Trinajstić information content (AvgIpc) is 2.79. The Labute approximate surface area is 112 Å². The van der Waals surface area contributed by atoms with E-state index in [0.29, 0.717) is 12.1 Å². The molecule has 0 aliphatic rings. The first-order valence-electron chi connectivity index (χ1n) is 6.27. The van der Waals surface area contributed by atoms with E-state index in [4.69, 9.17) is 11.5 Å². The van der Waals surface area contributed by atoms with Gasteiger partial charge in [0.05, 0.1) is 12.7 Å². The van der Waals surface area contributed by atoms with Crippen LogP contribution in [0, 0.1) is 0 Å². The first-order valence-corrected chi connectivity index (χ1v) is 6.27. The summed E-state index contributed by atoms with van der Waals surface area (Å²) in [7, 11) is 1.75. The van der Waals surface area contributed by atoms with Crippen LogP contribution in [0.2, 0.25) is 0 Å². The van der Waals surface area contributed by atoms with Crippen LogP contribution >= 0.6 is 0 Å². The summed E-state index contributed by atoms with van der Waals surface area (Å²) in [4.78, 5) is 24.7. The smallest absolute Gasteiger partial charge is 0.244 e. The maximum Gasteiger partial charge on any atom is 0.244 e. The summed E-state index contributed by atoms with van der Waals surface area (Å²) in [6.07, 6.45) is 4.96. The predicted octanol–water partition coefficient (Wildman–Crippen LogP) is -0.466. The monoisotopic (exact) mass is 267 g/mol. The molecule has 106 valence electrons. The highest BCUT2D eigenvalue weighted by Crippen LogP contribution is 2.12. The van der Waals surface area contributed by atoms with Crippen LogP contribution in [-0.4, -0.2) is 39.6 Å². The largest absolute Gasteiger partial charge is 0.368 e. The third kappa shape index (κ3) is 4.36. The Bertz CT molecular complexity index is 443. The van der Waals surface area contributed by atoms with Gasteiger partial charge in [-0.15, -0.1) is 0 Å². The highest BCUT2D eigenvalue weighted by Gasteiger charge is 2.24. The van der Waals surface area contributed by atoms with Gasteiger partial charge in [0.1, 0.15) is 6.04 Å². The van der Waals surface area contributed by atoms with Crippen LogP contribution in [0.5, 0.6) is 0 Å². The predicted molar refractivity (Wildman–Crippen MR) is 70.8 cm³/mol. The van der Waals surface area contributed by atoms with Crippen LogP contribution in [0.3, 0.4) is 0 Å². The number of nitrogens with zero attached hydrogens (tertiary/aromatic N) is 3. The van der Waals surface area contributed by atoms with Gasteiger partial charge in [0, 0.05) is 25.4 Å². The third-order valence-electron chi connectivity index (χ3n) is 2.79. The SMILES string of the molecule is CCCCN(CC(N)=O)C(=O)C(N)c1cnn(C)c1. The lowest BCUT2D eigenvalue weighted by atomic mass is 10.1. The van der Waals surface area contributed by atoms with Crippen LogP contribution in [0.15, 0.2) is 12.4 Å². The Morgan fingerprint density at radius 1 is 1.53 bits per heavy atom. The molecule has 1 atom stereocenters. The molecule has 1 aromatic heterocycles. The summed E-state index contributed by atoms with van der Waals surface area (Å²) in [6, 6.07) is -0.815. The highest BCUT2D eigenvalue weighted by atomic mass is 16.2. The van der Waals surface area contributed by atoms with Crippen LogP contribution in [0.1, 0.15) is 31.4 Å². The highest BCUT2D eigenvalue weighted by molar-refractivity contribution is 5.87. The van der Waals surface area contributed by atoms with Crippen LogP contribution in [-0.2, 0) is 16.6 Å². The minimum Gasteiger partial charge on any atom is -0.368 e. The number of hydrogen-bond donors (Lipinski definition) is 2. The van der Waals surface area contributed by atoms with Crippen molar-refractivity contribution < 1.29 is 9.59 Å². The second-order valence-corrected chi connectivity index (χ2v) is 4.50. The lowest BCUT2D eigenvalue weighted by molar-refractivity contribution is -0.136. The second-order valence-electron chi connectivity index (χ2n) is 4.50. The van der Waals surface area contributed by atoms with Crippen molar-refractivity contribution in [1.82, 2.24) is 14.7 Å². The van der Waals surface area contributed by atoms with E-state index in [1.54, 1.807) is 24.1 Å². The summed E-state index contributed by atoms with van der Waals surface area (Å²) < 4.78 is 1.58. The van der Waals surface area contributed by atoms with E-state index >= 15 is 0 Å². The zero-order valence-corrected chi connectivity index (χ0v) is 11.4. The van der Waals surface area contributed by atoms with Gasteiger partial charge in [-0.2, -0.15) is 5.10 Å². The lowest BCUT2D eigenvalue weighted by Gasteiger charge is -2.23. The molecule has 0 bridgehead atoms. The van der Waals surface area contributed by atoms with Crippen molar-refractivity contribution in [2.75, 3.05) is 13.1 Å². The number of carbonyl (C=O) groups excluding carboxylic acids is 2. The van der Waals surface area contributed by atoms with E-state index in [1.165, 1.54) is 4.90 Å². The number of rotatable bonds is 7. The Morgan fingerprint density at radius 3 is 2.68 bits per heavy atom. The molecular weight excluding hydrogens is 246 g/mol. The summed E-state index contributed by atoms with van der Waals surface area (Å²) in [5.74, 6) is -0.844. The molecule has 7 heteroatoms. The van der Waals surface area contributed by atoms with Crippen LogP contribution in [0.25, 0.3) is 0 Å². The van der Waals surface area contributed by atoms with Gasteiger partial charge in [-0.1, -0.05) is 13.3 Å². The van der Waals surface area contributed by atoms with Gasteiger partial charge in [0.2, 0.25) is 11.8 Å². The third-order valence-corrected chi connectivity index (χ3v) is 2.79. The maximum atomic E-state index is 12.3. The van der Waals surface area contributed by atoms with Gasteiger partial charge in [-0.05, 0) is 6.42 Å². The quantitative estimate of drug-likeness (QED) is 0.696. The number of primary amides is 1. The number of unbranched alkanes of at least 4 members (excludes halogenated alkanes) is 1. The molecule has 2 amide bonds. The van der Waals surface area contributed by atoms with Gasteiger partial charge >= 0.3 is 0 Å². The van der Waals surface area contributed by atoms with Crippen molar-refractivity contribution in [3.05, 3.63) is 18.0 Å². The van der Waals surface area contributed by atoms with Crippen molar-refractivity contribution in [3.63, 3.8) is 0 Å². The van der Waals surface area contributed by atoms with Crippen molar-refractivity contribution in [3.8, 4) is 0 Å². The molecule has 4 N–H and O–H groups in total. The van der Waals surface area contributed by atoms with Gasteiger partial charge in [-0.3, -0.25) is 14.3 Å². The van der Waals surface area contributed by atoms with E-state index in [-0.39, 0.29) is 12.5 Å². The zero-order valence-electron chi connectivity index (χ0n) is 11.4. The number of carbonyl (C=O) groups is 2. The topological polar surface area (TPSA) is 107 Å². The van der Waals surface area contributed by atoms with Crippen LogP contribution in [0.4, 0.5) is 0 Å². The molecule has 19 heavy (non-hydrogen) atoms.